The van der Waals surface area contributed by atoms with Crippen LogP contribution in [0.2, 0.25) is 0 Å². The number of hydrogen-bond acceptors (Lipinski definition) is 3. The van der Waals surface area contributed by atoms with Crippen LogP contribution in [0, 0.1) is 0 Å². The number of guanidine groups is 1. The molecular weight excluding hydrogens is 405 g/mol. The quantitative estimate of drug-likeness (QED) is 0.447. The number of rotatable bonds is 4. The third kappa shape index (κ3) is 4.44. The van der Waals surface area contributed by atoms with Crippen molar-refractivity contribution < 1.29 is 4.74 Å². The van der Waals surface area contributed by atoms with E-state index < -0.39 is 0 Å². The molecule has 1 aliphatic rings. The van der Waals surface area contributed by atoms with Gasteiger partial charge >= 0.3 is 0 Å². The molecule has 0 fully saturated rings. The molecule has 1 aromatic carbocycles. The number of para-hydroxylation sites is 1. The van der Waals surface area contributed by atoms with Crippen LogP contribution >= 0.6 is 24.0 Å². The SMILES string of the molecule is COCc1ccccc1NC(N)=NC1CCn2ccnc2C1.I. The lowest BCUT2D eigenvalue weighted by Gasteiger charge is -2.21. The average molecular weight is 427 g/mol. The zero-order valence-electron chi connectivity index (χ0n) is 13.1. The minimum absolute atomic E-state index is 0. The van der Waals surface area contributed by atoms with Crippen molar-refractivity contribution in [1.82, 2.24) is 9.55 Å². The summed E-state index contributed by atoms with van der Waals surface area (Å²) in [5.74, 6) is 1.51. The minimum atomic E-state index is 0. The third-order valence-electron chi connectivity index (χ3n) is 3.82. The van der Waals surface area contributed by atoms with E-state index in [2.05, 4.69) is 19.9 Å². The van der Waals surface area contributed by atoms with Crippen LogP contribution in [0.25, 0.3) is 0 Å². The van der Waals surface area contributed by atoms with Crippen LogP contribution in [-0.2, 0) is 24.3 Å². The number of aryl methyl sites for hydroxylation is 1. The van der Waals surface area contributed by atoms with Gasteiger partial charge in [-0.1, -0.05) is 18.2 Å². The average Bonchev–Trinajstić information content (AvgIpc) is 2.97. The van der Waals surface area contributed by atoms with Crippen LogP contribution in [0.4, 0.5) is 5.69 Å². The predicted octanol–water partition coefficient (Wildman–Crippen LogP) is 2.39. The summed E-state index contributed by atoms with van der Waals surface area (Å²) in [6.07, 6.45) is 5.66. The fourth-order valence-electron chi connectivity index (χ4n) is 2.74. The highest BCUT2D eigenvalue weighted by Crippen LogP contribution is 2.18. The van der Waals surface area contributed by atoms with Gasteiger partial charge in [0.15, 0.2) is 5.96 Å². The topological polar surface area (TPSA) is 77.5 Å². The van der Waals surface area contributed by atoms with Crippen molar-refractivity contribution in [1.29, 1.82) is 0 Å². The first kappa shape index (κ1) is 17.7. The number of anilines is 1. The molecule has 0 bridgehead atoms. The molecule has 0 aliphatic carbocycles. The third-order valence-corrected chi connectivity index (χ3v) is 3.82. The van der Waals surface area contributed by atoms with Crippen molar-refractivity contribution in [3.05, 3.63) is 48.0 Å². The zero-order chi connectivity index (χ0) is 15.4. The fraction of sp³-hybridized carbons (Fsp3) is 0.375. The highest BCUT2D eigenvalue weighted by atomic mass is 127. The molecule has 0 radical (unpaired) electrons. The Morgan fingerprint density at radius 2 is 2.30 bits per heavy atom. The molecule has 1 aromatic heterocycles. The lowest BCUT2D eigenvalue weighted by molar-refractivity contribution is 0.185. The maximum absolute atomic E-state index is 6.07. The van der Waals surface area contributed by atoms with Gasteiger partial charge in [0, 0.05) is 43.7 Å². The molecule has 3 N–H and O–H groups in total. The Morgan fingerprint density at radius 3 is 3.13 bits per heavy atom. The highest BCUT2D eigenvalue weighted by Gasteiger charge is 2.18. The van der Waals surface area contributed by atoms with E-state index >= 15 is 0 Å². The van der Waals surface area contributed by atoms with Crippen LogP contribution in [0.1, 0.15) is 17.8 Å². The molecule has 0 saturated heterocycles. The summed E-state index contributed by atoms with van der Waals surface area (Å²) < 4.78 is 7.37. The number of hydrogen-bond donors (Lipinski definition) is 2. The first-order valence-corrected chi connectivity index (χ1v) is 7.43. The minimum Gasteiger partial charge on any atom is -0.380 e. The normalized spacial score (nSPS) is 17.3. The molecule has 2 heterocycles. The number of benzene rings is 1. The monoisotopic (exact) mass is 427 g/mol. The molecule has 1 aliphatic heterocycles. The van der Waals surface area contributed by atoms with E-state index in [4.69, 9.17) is 10.5 Å². The van der Waals surface area contributed by atoms with E-state index in [1.54, 1.807) is 7.11 Å². The van der Waals surface area contributed by atoms with Gasteiger partial charge < -0.3 is 20.4 Å². The molecule has 3 rings (SSSR count). The van der Waals surface area contributed by atoms with E-state index in [9.17, 15) is 0 Å². The number of ether oxygens (including phenoxy) is 1. The Morgan fingerprint density at radius 1 is 1.48 bits per heavy atom. The van der Waals surface area contributed by atoms with Gasteiger partial charge in [-0.2, -0.15) is 0 Å². The number of nitrogens with zero attached hydrogens (tertiary/aromatic N) is 3. The van der Waals surface area contributed by atoms with E-state index in [1.165, 1.54) is 0 Å². The van der Waals surface area contributed by atoms with Crippen LogP contribution in [0.5, 0.6) is 0 Å². The molecule has 0 spiro atoms. The molecule has 0 saturated carbocycles. The number of nitrogens with two attached hydrogens (primary N) is 1. The maximum Gasteiger partial charge on any atom is 0.193 e. The predicted molar refractivity (Wildman–Crippen MR) is 102 cm³/mol. The number of halogens is 1. The summed E-state index contributed by atoms with van der Waals surface area (Å²) in [5.41, 5.74) is 8.06. The lowest BCUT2D eigenvalue weighted by atomic mass is 10.1. The first-order valence-electron chi connectivity index (χ1n) is 7.43. The first-order chi connectivity index (χ1) is 10.8. The van der Waals surface area contributed by atoms with Crippen LogP contribution < -0.4 is 11.1 Å². The molecular formula is C16H22IN5O. The highest BCUT2D eigenvalue weighted by molar-refractivity contribution is 14.0. The van der Waals surface area contributed by atoms with Crippen molar-refractivity contribution >= 4 is 35.6 Å². The number of nitrogens with one attached hydrogen (secondary N) is 1. The Balaban J connectivity index is 0.00000192. The second-order valence-corrected chi connectivity index (χ2v) is 5.41. The summed E-state index contributed by atoms with van der Waals surface area (Å²) in [6.45, 7) is 1.48. The second-order valence-electron chi connectivity index (χ2n) is 5.41. The number of aromatic nitrogens is 2. The van der Waals surface area contributed by atoms with Crippen molar-refractivity contribution in [2.75, 3.05) is 12.4 Å². The van der Waals surface area contributed by atoms with Gasteiger partial charge in [-0.3, -0.25) is 0 Å². The second kappa shape index (κ2) is 8.30. The van der Waals surface area contributed by atoms with Crippen molar-refractivity contribution in [3.63, 3.8) is 0 Å². The number of imidazole rings is 1. The molecule has 6 nitrogen and oxygen atoms in total. The van der Waals surface area contributed by atoms with Gasteiger partial charge in [0.25, 0.3) is 0 Å². The standard InChI is InChI=1S/C16H21N5O.HI/c1-22-11-12-4-2-3-5-14(12)20-16(17)19-13-6-8-21-9-7-18-15(21)10-13;/h2-5,7,9,13H,6,8,10-11H2,1H3,(H3,17,19,20);1H. The van der Waals surface area contributed by atoms with E-state index in [0.29, 0.717) is 12.6 Å². The lowest BCUT2D eigenvalue weighted by Crippen LogP contribution is -2.29. The van der Waals surface area contributed by atoms with E-state index in [-0.39, 0.29) is 30.0 Å². The van der Waals surface area contributed by atoms with E-state index in [1.807, 2.05) is 36.7 Å². The van der Waals surface area contributed by atoms with E-state index in [0.717, 1.165) is 36.5 Å². The molecule has 1 atom stereocenters. The van der Waals surface area contributed by atoms with Crippen LogP contribution in [0.15, 0.2) is 41.7 Å². The summed E-state index contributed by atoms with van der Waals surface area (Å²) in [7, 11) is 1.68. The fourth-order valence-corrected chi connectivity index (χ4v) is 2.74. The van der Waals surface area contributed by atoms with Gasteiger partial charge in [-0.25, -0.2) is 9.98 Å². The molecule has 2 aromatic rings. The number of aliphatic imine (C=N–C) groups is 1. The number of fused-ring (bicyclic) bond motifs is 1. The molecule has 7 heteroatoms. The molecule has 23 heavy (non-hydrogen) atoms. The molecule has 124 valence electrons. The number of methoxy groups -OCH3 is 1. The van der Waals surface area contributed by atoms with Gasteiger partial charge in [0.1, 0.15) is 5.82 Å². The van der Waals surface area contributed by atoms with Gasteiger partial charge in [-0.15, -0.1) is 24.0 Å². The van der Waals surface area contributed by atoms with Crippen LogP contribution in [-0.4, -0.2) is 28.7 Å². The smallest absolute Gasteiger partial charge is 0.193 e. The van der Waals surface area contributed by atoms with Crippen LogP contribution in [0.3, 0.4) is 0 Å². The maximum atomic E-state index is 6.07. The summed E-state index contributed by atoms with van der Waals surface area (Å²) in [5, 5.41) is 3.18. The Kier molecular flexibility index (Phi) is 6.40. The van der Waals surface area contributed by atoms with Crippen molar-refractivity contribution in [3.8, 4) is 0 Å². The van der Waals surface area contributed by atoms with Gasteiger partial charge in [-0.05, 0) is 12.5 Å². The Labute approximate surface area is 153 Å². The largest absolute Gasteiger partial charge is 0.380 e. The van der Waals surface area contributed by atoms with Gasteiger partial charge in [0.2, 0.25) is 0 Å². The van der Waals surface area contributed by atoms with Crippen molar-refractivity contribution in [2.24, 2.45) is 10.7 Å². The van der Waals surface area contributed by atoms with Gasteiger partial charge in [0.05, 0.1) is 12.6 Å². The summed E-state index contributed by atoms with van der Waals surface area (Å²) in [6, 6.07) is 8.11. The molecule has 0 amide bonds. The van der Waals surface area contributed by atoms with Crippen molar-refractivity contribution in [2.45, 2.75) is 32.0 Å². The molecule has 1 unspecified atom stereocenters. The Bertz CT molecular complexity index is 670. The zero-order valence-corrected chi connectivity index (χ0v) is 15.4. The summed E-state index contributed by atoms with van der Waals surface area (Å²) in [4.78, 5) is 8.95. The Hall–Kier alpha value is -1.61. The summed E-state index contributed by atoms with van der Waals surface area (Å²) >= 11 is 0.